The van der Waals surface area contributed by atoms with E-state index in [1.54, 1.807) is 0 Å². The van der Waals surface area contributed by atoms with Gasteiger partial charge in [-0.05, 0) is 32.1 Å². The molecule has 1 atom stereocenters. The zero-order chi connectivity index (χ0) is 11.3. The normalized spacial score (nSPS) is 13.9. The maximum atomic E-state index is 5.98. The van der Waals surface area contributed by atoms with Gasteiger partial charge < -0.3 is 9.16 Å². The summed E-state index contributed by atoms with van der Waals surface area (Å²) in [6, 6.07) is 10.4. The van der Waals surface area contributed by atoms with E-state index in [1.165, 1.54) is 5.19 Å². The summed E-state index contributed by atoms with van der Waals surface area (Å²) in [6.07, 6.45) is -0.114. The van der Waals surface area contributed by atoms with Gasteiger partial charge in [-0.15, -0.1) is 0 Å². The second-order valence-electron chi connectivity index (χ2n) is 4.02. The minimum absolute atomic E-state index is 0.114. The third-order valence-electron chi connectivity index (χ3n) is 2.33. The van der Waals surface area contributed by atoms with Gasteiger partial charge in [0, 0.05) is 6.61 Å². The van der Waals surface area contributed by atoms with Crippen molar-refractivity contribution in [3.63, 3.8) is 0 Å². The van der Waals surface area contributed by atoms with Crippen LogP contribution in [0.3, 0.4) is 0 Å². The average molecular weight is 224 g/mol. The summed E-state index contributed by atoms with van der Waals surface area (Å²) in [5, 5.41) is 1.30. The Morgan fingerprint density at radius 2 is 1.80 bits per heavy atom. The fourth-order valence-corrected chi connectivity index (χ4v) is 3.62. The molecular formula is C12H20O2Si. The highest BCUT2D eigenvalue weighted by atomic mass is 28.4. The van der Waals surface area contributed by atoms with E-state index in [2.05, 4.69) is 37.4 Å². The van der Waals surface area contributed by atoms with Crippen LogP contribution >= 0.6 is 0 Å². The van der Waals surface area contributed by atoms with Gasteiger partial charge in [-0.25, -0.2) is 0 Å². The highest BCUT2D eigenvalue weighted by Crippen LogP contribution is 2.09. The summed E-state index contributed by atoms with van der Waals surface area (Å²) in [5.74, 6) is 0. The summed E-state index contributed by atoms with van der Waals surface area (Å²) < 4.78 is 11.4. The Morgan fingerprint density at radius 1 is 1.20 bits per heavy atom. The standard InChI is InChI=1S/C12H20O2Si/c1-5-13-11(2)14-15(3,4)12-9-7-6-8-10-12/h6-11H,5H2,1-4H3. The molecule has 0 aliphatic heterocycles. The molecule has 0 bridgehead atoms. The van der Waals surface area contributed by atoms with Gasteiger partial charge in [0.05, 0.1) is 0 Å². The first kappa shape index (κ1) is 12.4. The SMILES string of the molecule is CCOC(C)O[Si](C)(C)c1ccccc1. The lowest BCUT2D eigenvalue weighted by Crippen LogP contribution is -2.47. The lowest BCUT2D eigenvalue weighted by Gasteiger charge is -2.27. The predicted octanol–water partition coefficient (Wildman–Crippen LogP) is 2.50. The van der Waals surface area contributed by atoms with E-state index < -0.39 is 8.32 Å². The largest absolute Gasteiger partial charge is 0.388 e. The zero-order valence-electron chi connectivity index (χ0n) is 9.99. The molecule has 0 aliphatic carbocycles. The zero-order valence-corrected chi connectivity index (χ0v) is 11.0. The summed E-state index contributed by atoms with van der Waals surface area (Å²) in [7, 11) is -1.80. The van der Waals surface area contributed by atoms with Crippen molar-refractivity contribution in [2.75, 3.05) is 6.61 Å². The van der Waals surface area contributed by atoms with Crippen LogP contribution < -0.4 is 5.19 Å². The first-order valence-corrected chi connectivity index (χ1v) is 8.32. The molecule has 0 N–H and O–H groups in total. The number of rotatable bonds is 5. The summed E-state index contributed by atoms with van der Waals surface area (Å²) >= 11 is 0. The predicted molar refractivity (Wildman–Crippen MR) is 65.7 cm³/mol. The second-order valence-corrected chi connectivity index (χ2v) is 7.85. The molecule has 0 saturated heterocycles. The summed E-state index contributed by atoms with van der Waals surface area (Å²) in [6.45, 7) is 9.02. The van der Waals surface area contributed by atoms with Gasteiger partial charge in [-0.2, -0.15) is 0 Å². The fourth-order valence-electron chi connectivity index (χ4n) is 1.59. The van der Waals surface area contributed by atoms with Crippen LogP contribution in [0.4, 0.5) is 0 Å². The Balaban J connectivity index is 2.67. The minimum atomic E-state index is -1.80. The Labute approximate surface area is 93.4 Å². The fraction of sp³-hybridized carbons (Fsp3) is 0.500. The number of ether oxygens (including phenoxy) is 1. The van der Waals surface area contributed by atoms with E-state index in [1.807, 2.05) is 19.9 Å². The van der Waals surface area contributed by atoms with E-state index >= 15 is 0 Å². The molecule has 1 unspecified atom stereocenters. The van der Waals surface area contributed by atoms with Crippen LogP contribution in [-0.4, -0.2) is 21.2 Å². The summed E-state index contributed by atoms with van der Waals surface area (Å²) in [5.41, 5.74) is 0. The van der Waals surface area contributed by atoms with Crippen molar-refractivity contribution in [1.82, 2.24) is 0 Å². The molecule has 0 radical (unpaired) electrons. The molecule has 0 aliphatic rings. The lowest BCUT2D eigenvalue weighted by molar-refractivity contribution is -0.0657. The van der Waals surface area contributed by atoms with Crippen molar-refractivity contribution in [2.45, 2.75) is 33.2 Å². The third-order valence-corrected chi connectivity index (χ3v) is 4.98. The first-order chi connectivity index (χ1) is 7.06. The van der Waals surface area contributed by atoms with Crippen LogP contribution in [0.5, 0.6) is 0 Å². The Bertz CT molecular complexity index is 285. The molecule has 0 aromatic heterocycles. The Morgan fingerprint density at radius 3 is 2.33 bits per heavy atom. The smallest absolute Gasteiger partial charge is 0.221 e. The van der Waals surface area contributed by atoms with Crippen molar-refractivity contribution >= 4 is 13.5 Å². The van der Waals surface area contributed by atoms with Crippen molar-refractivity contribution in [3.05, 3.63) is 30.3 Å². The molecule has 0 heterocycles. The first-order valence-electron chi connectivity index (χ1n) is 5.41. The maximum Gasteiger partial charge on any atom is 0.221 e. The molecular weight excluding hydrogens is 204 g/mol. The molecule has 0 fully saturated rings. The van der Waals surface area contributed by atoms with Crippen LogP contribution in [0.15, 0.2) is 30.3 Å². The lowest BCUT2D eigenvalue weighted by atomic mass is 10.4. The van der Waals surface area contributed by atoms with Crippen molar-refractivity contribution in [2.24, 2.45) is 0 Å². The van der Waals surface area contributed by atoms with Gasteiger partial charge in [0.15, 0.2) is 0 Å². The van der Waals surface area contributed by atoms with Gasteiger partial charge in [0.2, 0.25) is 8.32 Å². The molecule has 0 saturated carbocycles. The second kappa shape index (κ2) is 5.44. The van der Waals surface area contributed by atoms with Gasteiger partial charge in [-0.1, -0.05) is 30.3 Å². The average Bonchev–Trinajstić information content (AvgIpc) is 2.18. The van der Waals surface area contributed by atoms with E-state index in [-0.39, 0.29) is 6.29 Å². The molecule has 1 rings (SSSR count). The Hall–Kier alpha value is -0.643. The quantitative estimate of drug-likeness (QED) is 0.565. The summed E-state index contributed by atoms with van der Waals surface area (Å²) in [4.78, 5) is 0. The van der Waals surface area contributed by atoms with Gasteiger partial charge in [0.1, 0.15) is 6.29 Å². The number of hydrogen-bond acceptors (Lipinski definition) is 2. The molecule has 1 aromatic carbocycles. The van der Waals surface area contributed by atoms with E-state index in [4.69, 9.17) is 9.16 Å². The molecule has 2 nitrogen and oxygen atoms in total. The third kappa shape index (κ3) is 3.78. The van der Waals surface area contributed by atoms with E-state index in [9.17, 15) is 0 Å². The van der Waals surface area contributed by atoms with Crippen LogP contribution in [0.1, 0.15) is 13.8 Å². The topological polar surface area (TPSA) is 18.5 Å². The van der Waals surface area contributed by atoms with Crippen LogP contribution in [0, 0.1) is 0 Å². The molecule has 3 heteroatoms. The minimum Gasteiger partial charge on any atom is -0.388 e. The van der Waals surface area contributed by atoms with Gasteiger partial charge >= 0.3 is 0 Å². The highest BCUT2D eigenvalue weighted by molar-refractivity contribution is 6.84. The highest BCUT2D eigenvalue weighted by Gasteiger charge is 2.27. The molecule has 0 amide bonds. The molecule has 0 spiro atoms. The number of hydrogen-bond donors (Lipinski definition) is 0. The van der Waals surface area contributed by atoms with Crippen LogP contribution in [0.2, 0.25) is 13.1 Å². The monoisotopic (exact) mass is 224 g/mol. The van der Waals surface area contributed by atoms with Gasteiger partial charge in [-0.3, -0.25) is 0 Å². The molecule has 84 valence electrons. The van der Waals surface area contributed by atoms with Crippen LogP contribution in [0.25, 0.3) is 0 Å². The Kier molecular flexibility index (Phi) is 4.51. The van der Waals surface area contributed by atoms with Crippen molar-refractivity contribution in [1.29, 1.82) is 0 Å². The van der Waals surface area contributed by atoms with Crippen molar-refractivity contribution < 1.29 is 9.16 Å². The van der Waals surface area contributed by atoms with Crippen LogP contribution in [-0.2, 0) is 9.16 Å². The van der Waals surface area contributed by atoms with Crippen molar-refractivity contribution in [3.8, 4) is 0 Å². The number of benzene rings is 1. The van der Waals surface area contributed by atoms with E-state index in [0.29, 0.717) is 6.61 Å². The molecule has 1 aromatic rings. The maximum absolute atomic E-state index is 5.98. The molecule has 15 heavy (non-hydrogen) atoms. The van der Waals surface area contributed by atoms with Gasteiger partial charge in [0.25, 0.3) is 0 Å². The van der Waals surface area contributed by atoms with E-state index in [0.717, 1.165) is 0 Å².